The smallest absolute Gasteiger partial charge is 0.282 e. The fourth-order valence-corrected chi connectivity index (χ4v) is 2.90. The minimum absolute atomic E-state index is 0.0575. The third kappa shape index (κ3) is 2.21. The van der Waals surface area contributed by atoms with Crippen LogP contribution >= 0.6 is 0 Å². The summed E-state index contributed by atoms with van der Waals surface area (Å²) in [7, 11) is -0.575. The van der Waals surface area contributed by atoms with Crippen molar-refractivity contribution in [3.05, 3.63) is 0 Å². The highest BCUT2D eigenvalue weighted by molar-refractivity contribution is 7.86. The van der Waals surface area contributed by atoms with Crippen LogP contribution in [0.15, 0.2) is 5.16 Å². The van der Waals surface area contributed by atoms with Gasteiger partial charge in [-0.05, 0) is 12.8 Å². The second-order valence-electron chi connectivity index (χ2n) is 3.58. The van der Waals surface area contributed by atoms with Gasteiger partial charge in [-0.2, -0.15) is 17.0 Å². The minimum atomic E-state index is -3.49. The zero-order chi connectivity index (χ0) is 11.6. The quantitative estimate of drug-likeness (QED) is 0.284. The Balaban J connectivity index is 2.96. The summed E-state index contributed by atoms with van der Waals surface area (Å²) in [6.07, 6.45) is 1.30. The number of rotatable bonds is 3. The predicted molar refractivity (Wildman–Crippen MR) is 55.7 cm³/mol. The summed E-state index contributed by atoms with van der Waals surface area (Å²) < 4.78 is 26.0. The highest BCUT2D eigenvalue weighted by Crippen LogP contribution is 2.22. The van der Waals surface area contributed by atoms with Crippen molar-refractivity contribution >= 4 is 16.0 Å². The van der Waals surface area contributed by atoms with Crippen LogP contribution in [0.5, 0.6) is 0 Å². The Labute approximate surface area is 89.3 Å². The second-order valence-corrected chi connectivity index (χ2v) is 5.68. The first-order valence-corrected chi connectivity index (χ1v) is 5.97. The van der Waals surface area contributed by atoms with E-state index < -0.39 is 16.3 Å². The van der Waals surface area contributed by atoms with E-state index in [9.17, 15) is 8.42 Å². The predicted octanol–water partition coefficient (Wildman–Crippen LogP) is -0.996. The van der Waals surface area contributed by atoms with Crippen molar-refractivity contribution in [3.8, 4) is 0 Å². The Kier molecular flexibility index (Phi) is 3.53. The molecule has 0 amide bonds. The van der Waals surface area contributed by atoms with E-state index in [4.69, 9.17) is 10.9 Å². The van der Waals surface area contributed by atoms with Crippen molar-refractivity contribution in [1.29, 1.82) is 0 Å². The molecule has 0 aromatic heterocycles. The maximum Gasteiger partial charge on any atom is 0.282 e. The Bertz CT molecular complexity index is 351. The maximum absolute atomic E-state index is 11.8. The number of nitrogens with zero attached hydrogens (tertiary/aromatic N) is 3. The van der Waals surface area contributed by atoms with E-state index in [2.05, 4.69) is 5.16 Å². The molecule has 1 saturated heterocycles. The molecule has 1 aliphatic rings. The first-order valence-electron chi connectivity index (χ1n) is 4.58. The van der Waals surface area contributed by atoms with Crippen LogP contribution in [0.4, 0.5) is 0 Å². The highest BCUT2D eigenvalue weighted by Gasteiger charge is 2.37. The van der Waals surface area contributed by atoms with E-state index in [1.165, 1.54) is 18.4 Å². The molecule has 88 valence electrons. The molecule has 1 fully saturated rings. The molecule has 8 heteroatoms. The molecule has 1 unspecified atom stereocenters. The van der Waals surface area contributed by atoms with Gasteiger partial charge in [-0.3, -0.25) is 0 Å². The van der Waals surface area contributed by atoms with E-state index >= 15 is 0 Å². The maximum atomic E-state index is 11.8. The second kappa shape index (κ2) is 4.33. The summed E-state index contributed by atoms with van der Waals surface area (Å²) in [6, 6.07) is -0.526. The molecule has 0 aliphatic carbocycles. The topological polar surface area (TPSA) is 99.2 Å². The molecule has 1 rings (SSSR count). The van der Waals surface area contributed by atoms with E-state index in [0.717, 1.165) is 4.31 Å². The molecule has 1 atom stereocenters. The molecule has 0 aromatic carbocycles. The van der Waals surface area contributed by atoms with Crippen molar-refractivity contribution in [2.24, 2.45) is 10.9 Å². The van der Waals surface area contributed by atoms with Crippen molar-refractivity contribution in [3.63, 3.8) is 0 Å². The molecule has 0 radical (unpaired) electrons. The largest absolute Gasteiger partial charge is 0.409 e. The number of oxime groups is 1. The average Bonchev–Trinajstić information content (AvgIpc) is 2.65. The number of nitrogens with two attached hydrogens (primary N) is 1. The van der Waals surface area contributed by atoms with Gasteiger partial charge in [0, 0.05) is 20.6 Å². The fourth-order valence-electron chi connectivity index (χ4n) is 1.59. The molecule has 3 N–H and O–H groups in total. The zero-order valence-electron chi connectivity index (χ0n) is 8.79. The molecular formula is C7H16N4O3S. The third-order valence-corrected chi connectivity index (χ3v) is 4.37. The standard InChI is InChI=1S/C7H16N4O3S/c1-10(2)15(13,14)11-5-3-4-6(11)7(8)9-12/h6,12H,3-5H2,1-2H3,(H2,8,9). The first-order chi connectivity index (χ1) is 6.91. The molecule has 0 aromatic rings. The van der Waals surface area contributed by atoms with Crippen molar-refractivity contribution in [1.82, 2.24) is 8.61 Å². The third-order valence-electron chi connectivity index (χ3n) is 2.42. The Morgan fingerprint density at radius 1 is 1.60 bits per heavy atom. The van der Waals surface area contributed by atoms with Gasteiger partial charge in [-0.1, -0.05) is 5.16 Å². The molecule has 1 heterocycles. The number of amidine groups is 1. The summed E-state index contributed by atoms with van der Waals surface area (Å²) in [6.45, 7) is 0.404. The van der Waals surface area contributed by atoms with Crippen LogP contribution in [-0.4, -0.2) is 54.8 Å². The van der Waals surface area contributed by atoms with Gasteiger partial charge in [0.1, 0.15) is 0 Å². The van der Waals surface area contributed by atoms with Gasteiger partial charge in [-0.15, -0.1) is 0 Å². The first kappa shape index (κ1) is 12.2. The summed E-state index contributed by atoms with van der Waals surface area (Å²) in [4.78, 5) is 0. The summed E-state index contributed by atoms with van der Waals surface area (Å²) in [5, 5.41) is 11.4. The van der Waals surface area contributed by atoms with Gasteiger partial charge >= 0.3 is 0 Å². The van der Waals surface area contributed by atoms with Gasteiger partial charge in [0.15, 0.2) is 5.84 Å². The lowest BCUT2D eigenvalue weighted by molar-refractivity contribution is 0.310. The normalized spacial score (nSPS) is 25.0. The van der Waals surface area contributed by atoms with E-state index in [1.807, 2.05) is 0 Å². The molecule has 7 nitrogen and oxygen atoms in total. The van der Waals surface area contributed by atoms with E-state index in [1.54, 1.807) is 0 Å². The van der Waals surface area contributed by atoms with Crippen LogP contribution in [0.25, 0.3) is 0 Å². The highest BCUT2D eigenvalue weighted by atomic mass is 32.2. The summed E-state index contributed by atoms with van der Waals surface area (Å²) in [5.74, 6) is -0.0575. The van der Waals surface area contributed by atoms with Gasteiger partial charge in [0.05, 0.1) is 6.04 Å². The average molecular weight is 236 g/mol. The van der Waals surface area contributed by atoms with E-state index in [-0.39, 0.29) is 5.84 Å². The fraction of sp³-hybridized carbons (Fsp3) is 0.857. The van der Waals surface area contributed by atoms with Crippen molar-refractivity contribution in [2.75, 3.05) is 20.6 Å². The Morgan fingerprint density at radius 3 is 2.67 bits per heavy atom. The lowest BCUT2D eigenvalue weighted by Crippen LogP contribution is -2.48. The zero-order valence-corrected chi connectivity index (χ0v) is 9.61. The number of hydrogen-bond acceptors (Lipinski definition) is 4. The lowest BCUT2D eigenvalue weighted by atomic mass is 10.2. The van der Waals surface area contributed by atoms with E-state index in [0.29, 0.717) is 19.4 Å². The van der Waals surface area contributed by atoms with Crippen LogP contribution < -0.4 is 5.73 Å². The van der Waals surface area contributed by atoms with Crippen LogP contribution in [-0.2, 0) is 10.2 Å². The minimum Gasteiger partial charge on any atom is -0.409 e. The molecule has 0 bridgehead atoms. The van der Waals surface area contributed by atoms with Crippen LogP contribution in [0.2, 0.25) is 0 Å². The summed E-state index contributed by atoms with van der Waals surface area (Å²) in [5.41, 5.74) is 5.44. The molecule has 1 aliphatic heterocycles. The Morgan fingerprint density at radius 2 is 2.20 bits per heavy atom. The molecule has 0 saturated carbocycles. The van der Waals surface area contributed by atoms with Crippen molar-refractivity contribution < 1.29 is 13.6 Å². The molecular weight excluding hydrogens is 220 g/mol. The number of hydrogen-bond donors (Lipinski definition) is 2. The lowest BCUT2D eigenvalue weighted by Gasteiger charge is -2.25. The SMILES string of the molecule is CN(C)S(=O)(=O)N1CCCC1C(N)=NO. The summed E-state index contributed by atoms with van der Waals surface area (Å²) >= 11 is 0. The Hall–Kier alpha value is -0.860. The van der Waals surface area contributed by atoms with Gasteiger partial charge in [-0.25, -0.2) is 0 Å². The van der Waals surface area contributed by atoms with Crippen molar-refractivity contribution in [2.45, 2.75) is 18.9 Å². The molecule has 15 heavy (non-hydrogen) atoms. The monoisotopic (exact) mass is 236 g/mol. The van der Waals surface area contributed by atoms with Gasteiger partial charge in [0.2, 0.25) is 0 Å². The van der Waals surface area contributed by atoms with Gasteiger partial charge in [0.25, 0.3) is 10.2 Å². The van der Waals surface area contributed by atoms with Gasteiger partial charge < -0.3 is 10.9 Å². The van der Waals surface area contributed by atoms with Crippen LogP contribution in [0.1, 0.15) is 12.8 Å². The molecule has 0 spiro atoms. The van der Waals surface area contributed by atoms with Crippen LogP contribution in [0.3, 0.4) is 0 Å². The van der Waals surface area contributed by atoms with Crippen LogP contribution in [0, 0.1) is 0 Å².